The van der Waals surface area contributed by atoms with Crippen molar-refractivity contribution in [2.24, 2.45) is 4.99 Å². The van der Waals surface area contributed by atoms with Gasteiger partial charge in [-0.2, -0.15) is 0 Å². The number of nitro groups is 3. The van der Waals surface area contributed by atoms with Crippen molar-refractivity contribution in [3.8, 4) is 0 Å². The first-order chi connectivity index (χ1) is 19.7. The first kappa shape index (κ1) is 36.8. The second-order valence-electron chi connectivity index (χ2n) is 8.71. The molecule has 0 aliphatic carbocycles. The third-order valence-corrected chi connectivity index (χ3v) is 6.32. The van der Waals surface area contributed by atoms with Crippen molar-refractivity contribution in [3.05, 3.63) is 66.3 Å². The van der Waals surface area contributed by atoms with E-state index in [1.54, 1.807) is 20.8 Å². The lowest BCUT2D eigenvalue weighted by atomic mass is 10.3. The predicted molar refractivity (Wildman–Crippen MR) is 154 cm³/mol. The van der Waals surface area contributed by atoms with E-state index in [1.165, 1.54) is 15.3 Å². The van der Waals surface area contributed by atoms with E-state index in [-0.39, 0.29) is 42.2 Å². The molecule has 4 rings (SSSR count). The van der Waals surface area contributed by atoms with Crippen molar-refractivity contribution in [1.82, 2.24) is 19.1 Å². The minimum Gasteiger partial charge on any atom is -0.388 e. The van der Waals surface area contributed by atoms with Crippen molar-refractivity contribution >= 4 is 52.2 Å². The number of halogens is 3. The second-order valence-corrected chi connectivity index (χ2v) is 9.63. The lowest BCUT2D eigenvalue weighted by Crippen LogP contribution is -2.19. The third-order valence-electron chi connectivity index (χ3n) is 5.26. The van der Waals surface area contributed by atoms with Crippen molar-refractivity contribution in [1.29, 1.82) is 0 Å². The van der Waals surface area contributed by atoms with Crippen LogP contribution in [0.3, 0.4) is 0 Å². The highest BCUT2D eigenvalue weighted by atomic mass is 35.5. The van der Waals surface area contributed by atoms with Crippen LogP contribution in [0.25, 0.3) is 0 Å². The molecule has 2 aliphatic heterocycles. The Morgan fingerprint density at radius 1 is 0.905 bits per heavy atom. The van der Waals surface area contributed by atoms with Crippen LogP contribution in [0.5, 0.6) is 0 Å². The van der Waals surface area contributed by atoms with Crippen LogP contribution >= 0.6 is 34.8 Å². The lowest BCUT2D eigenvalue weighted by Gasteiger charge is -2.06. The fourth-order valence-corrected chi connectivity index (χ4v) is 3.35. The molecule has 0 bridgehead atoms. The molecule has 0 aromatic carbocycles. The van der Waals surface area contributed by atoms with Gasteiger partial charge in [-0.05, 0) is 16.8 Å². The van der Waals surface area contributed by atoms with E-state index in [1.807, 2.05) is 0 Å². The molecule has 1 fully saturated rings. The zero-order chi connectivity index (χ0) is 32.0. The molecule has 0 unspecified atom stereocenters. The molecule has 0 radical (unpaired) electrons. The average Bonchev–Trinajstić information content (AvgIpc) is 3.42. The zero-order valence-corrected chi connectivity index (χ0v) is 25.1. The topological polar surface area (TPSA) is 230 Å². The molecule has 2 aromatic heterocycles. The number of aliphatic hydroxyl groups is 2. The van der Waals surface area contributed by atoms with Crippen molar-refractivity contribution in [2.75, 3.05) is 24.2 Å². The number of rotatable bonds is 10. The van der Waals surface area contributed by atoms with Crippen LogP contribution < -0.4 is 0 Å². The highest BCUT2D eigenvalue weighted by Gasteiger charge is 2.21. The number of hydrogen-bond acceptors (Lipinski definition) is 12. The summed E-state index contributed by atoms with van der Waals surface area (Å²) in [6.07, 6.45) is 2.82. The summed E-state index contributed by atoms with van der Waals surface area (Å²) in [5.41, 5.74) is 0.995. The van der Waals surface area contributed by atoms with Gasteiger partial charge in [0.15, 0.2) is 11.6 Å². The number of imidazole rings is 2. The van der Waals surface area contributed by atoms with Crippen LogP contribution in [0.2, 0.25) is 0 Å². The largest absolute Gasteiger partial charge is 0.388 e. The number of aromatic nitrogens is 4. The van der Waals surface area contributed by atoms with Gasteiger partial charge < -0.3 is 35.2 Å². The number of aliphatic hydroxyl groups excluding tert-OH is 2. The summed E-state index contributed by atoms with van der Waals surface area (Å²) in [6, 6.07) is 0. The van der Waals surface area contributed by atoms with Gasteiger partial charge >= 0.3 is 11.6 Å². The molecule has 2 aromatic rings. The standard InChI is InChI=1S/2C7H10ClN3O3.C5H6N2O2.C3H5ClO/c2*1-5-9-3-7(11(13)14)10(5)4-6(12)2-8;1-4-2-5(3-6-4)7(8)9;4-1-3-2-5-3/h2*3,6,12H,2,4H2,1H3;3H,2H2,1H3;3H,1-2H2/t2*6-;;3-/m00.0/s1. The minimum atomic E-state index is -0.803. The van der Waals surface area contributed by atoms with Gasteiger partial charge in [0.1, 0.15) is 43.9 Å². The number of aryl methyl sites for hydroxylation is 2. The number of nitrogens with zero attached hydrogens (tertiary/aromatic N) is 8. The summed E-state index contributed by atoms with van der Waals surface area (Å²) in [6.45, 7) is 6.09. The van der Waals surface area contributed by atoms with E-state index in [0.29, 0.717) is 30.1 Å². The Hall–Kier alpha value is -3.22. The van der Waals surface area contributed by atoms with Crippen LogP contribution in [0.1, 0.15) is 25.0 Å². The molecule has 3 atom stereocenters. The Morgan fingerprint density at radius 3 is 1.55 bits per heavy atom. The van der Waals surface area contributed by atoms with E-state index in [4.69, 9.17) is 39.5 Å². The normalized spacial score (nSPS) is 16.2. The molecule has 0 amide bonds. The molecule has 0 saturated carbocycles. The van der Waals surface area contributed by atoms with E-state index < -0.39 is 27.0 Å². The van der Waals surface area contributed by atoms with Crippen LogP contribution in [0.15, 0.2) is 29.3 Å². The van der Waals surface area contributed by atoms with Crippen LogP contribution in [0.4, 0.5) is 11.6 Å². The maximum Gasteiger partial charge on any atom is 0.342 e. The van der Waals surface area contributed by atoms with Crippen LogP contribution in [0, 0.1) is 44.2 Å². The summed E-state index contributed by atoms with van der Waals surface area (Å²) in [5.74, 6) is 1.45. The molecule has 1 saturated heterocycles. The Balaban J connectivity index is 0.000000296. The van der Waals surface area contributed by atoms with Gasteiger partial charge in [-0.1, -0.05) is 0 Å². The lowest BCUT2D eigenvalue weighted by molar-refractivity contribution is -0.425. The van der Waals surface area contributed by atoms with Gasteiger partial charge in [0.05, 0.1) is 41.7 Å². The Bertz CT molecular complexity index is 1200. The first-order valence-electron chi connectivity index (χ1n) is 12.1. The van der Waals surface area contributed by atoms with Crippen molar-refractivity contribution < 1.29 is 29.7 Å². The quantitative estimate of drug-likeness (QED) is 0.163. The molecule has 0 spiro atoms. The summed E-state index contributed by atoms with van der Waals surface area (Å²) >= 11 is 16.1. The van der Waals surface area contributed by atoms with E-state index in [0.717, 1.165) is 24.7 Å². The molecular formula is C22H31Cl3N8O9. The average molecular weight is 658 g/mol. The molecule has 4 heterocycles. The van der Waals surface area contributed by atoms with Crippen LogP contribution in [-0.4, -0.2) is 92.4 Å². The molecule has 2 N–H and O–H groups in total. The molecule has 17 nitrogen and oxygen atoms in total. The number of alkyl halides is 3. The number of ether oxygens (including phenoxy) is 1. The maximum atomic E-state index is 10.5. The predicted octanol–water partition coefficient (Wildman–Crippen LogP) is 2.99. The summed E-state index contributed by atoms with van der Waals surface area (Å²) < 4.78 is 7.38. The Morgan fingerprint density at radius 2 is 1.33 bits per heavy atom. The van der Waals surface area contributed by atoms with E-state index in [9.17, 15) is 40.6 Å². The summed E-state index contributed by atoms with van der Waals surface area (Å²) in [5, 5.41) is 49.6. The van der Waals surface area contributed by atoms with Gasteiger partial charge in [0, 0.05) is 19.6 Å². The fraction of sp³-hybridized carbons (Fsp3) is 0.591. The Labute approximate surface area is 254 Å². The van der Waals surface area contributed by atoms with Gasteiger partial charge in [-0.3, -0.25) is 15.1 Å². The monoisotopic (exact) mass is 656 g/mol. The maximum absolute atomic E-state index is 10.5. The molecule has 234 valence electrons. The molecule has 42 heavy (non-hydrogen) atoms. The minimum absolute atomic E-state index is 0.0365. The summed E-state index contributed by atoms with van der Waals surface area (Å²) in [7, 11) is 0. The molecule has 20 heteroatoms. The highest BCUT2D eigenvalue weighted by molar-refractivity contribution is 6.18. The zero-order valence-electron chi connectivity index (χ0n) is 22.9. The van der Waals surface area contributed by atoms with Crippen LogP contribution in [-0.2, 0) is 17.8 Å². The fourth-order valence-electron chi connectivity index (χ4n) is 2.98. The van der Waals surface area contributed by atoms with Gasteiger partial charge in [0.25, 0.3) is 5.70 Å². The van der Waals surface area contributed by atoms with Crippen molar-refractivity contribution in [2.45, 2.75) is 58.6 Å². The summed E-state index contributed by atoms with van der Waals surface area (Å²) in [4.78, 5) is 40.9. The van der Waals surface area contributed by atoms with E-state index >= 15 is 0 Å². The first-order valence-corrected chi connectivity index (χ1v) is 13.7. The smallest absolute Gasteiger partial charge is 0.342 e. The second kappa shape index (κ2) is 18.3. The number of allylic oxidation sites excluding steroid dienone is 1. The van der Waals surface area contributed by atoms with E-state index in [2.05, 4.69) is 15.0 Å². The highest BCUT2D eigenvalue weighted by Crippen LogP contribution is 2.15. The molecular weight excluding hydrogens is 627 g/mol. The third kappa shape index (κ3) is 12.7. The van der Waals surface area contributed by atoms with Gasteiger partial charge in [-0.25, -0.2) is 19.1 Å². The number of hydrogen-bond donors (Lipinski definition) is 2. The van der Waals surface area contributed by atoms with Gasteiger partial charge in [-0.15, -0.1) is 34.8 Å². The van der Waals surface area contributed by atoms with Crippen molar-refractivity contribution in [3.63, 3.8) is 0 Å². The van der Waals surface area contributed by atoms with Gasteiger partial charge in [0.2, 0.25) is 0 Å². The number of epoxide rings is 1. The SMILES string of the molecule is CC1=NC=C([N+](=O)[O-])C1.Cc1ncc([N+](=O)[O-])n1C[C@@H](O)CCl.Cc1ncc([N+](=O)[O-])n1C[C@@H](O)CCl.ClC[C@H]1CO1. The molecule has 2 aliphatic rings. The number of aliphatic imine (C=N–C) groups is 1. The Kier molecular flexibility index (Phi) is 16.1.